The monoisotopic (exact) mass is 291 g/mol. The van der Waals surface area contributed by atoms with Crippen LogP contribution in [0.1, 0.15) is 12.5 Å². The van der Waals surface area contributed by atoms with Gasteiger partial charge in [-0.25, -0.2) is 4.98 Å². The highest BCUT2D eigenvalue weighted by Crippen LogP contribution is 2.21. The SMILES string of the molecule is CCn1cnc(S(=O)(=O)Nc2ccc(N)cc2C#N)c1. The molecule has 0 unspecified atom stereocenters. The number of nitrogen functional groups attached to an aromatic ring is 1. The van der Waals surface area contributed by atoms with Crippen molar-refractivity contribution in [3.63, 3.8) is 0 Å². The van der Waals surface area contributed by atoms with E-state index in [1.807, 2.05) is 13.0 Å². The molecule has 1 aromatic heterocycles. The summed E-state index contributed by atoms with van der Waals surface area (Å²) in [4.78, 5) is 3.83. The van der Waals surface area contributed by atoms with Gasteiger partial charge in [0.2, 0.25) is 0 Å². The Kier molecular flexibility index (Phi) is 3.63. The predicted octanol–water partition coefficient (Wildman–Crippen LogP) is 1.16. The number of imidazole rings is 1. The van der Waals surface area contributed by atoms with Crippen molar-refractivity contribution < 1.29 is 8.42 Å². The van der Waals surface area contributed by atoms with E-state index < -0.39 is 10.0 Å². The number of hydrogen-bond donors (Lipinski definition) is 2. The summed E-state index contributed by atoms with van der Waals surface area (Å²) in [5.41, 5.74) is 6.27. The number of nitrogens with zero attached hydrogens (tertiary/aromatic N) is 3. The van der Waals surface area contributed by atoms with Crippen LogP contribution in [0.2, 0.25) is 0 Å². The van der Waals surface area contributed by atoms with E-state index in [0.717, 1.165) is 0 Å². The van der Waals surface area contributed by atoms with Crippen molar-refractivity contribution in [3.8, 4) is 6.07 Å². The zero-order valence-corrected chi connectivity index (χ0v) is 11.6. The molecule has 2 aromatic rings. The van der Waals surface area contributed by atoms with Crippen molar-refractivity contribution in [3.05, 3.63) is 36.3 Å². The molecule has 0 amide bonds. The predicted molar refractivity (Wildman–Crippen MR) is 74.3 cm³/mol. The number of sulfonamides is 1. The second-order valence-electron chi connectivity index (χ2n) is 4.06. The highest BCUT2D eigenvalue weighted by molar-refractivity contribution is 7.92. The summed E-state index contributed by atoms with van der Waals surface area (Å²) in [6, 6.07) is 6.26. The van der Waals surface area contributed by atoms with Gasteiger partial charge >= 0.3 is 0 Å². The van der Waals surface area contributed by atoms with Gasteiger partial charge in [0.1, 0.15) is 6.07 Å². The number of nitriles is 1. The molecule has 0 bridgehead atoms. The maximum atomic E-state index is 12.2. The van der Waals surface area contributed by atoms with Crippen LogP contribution in [0.5, 0.6) is 0 Å². The number of aryl methyl sites for hydroxylation is 1. The summed E-state index contributed by atoms with van der Waals surface area (Å²) in [5.74, 6) is 0. The Morgan fingerprint density at radius 2 is 2.25 bits per heavy atom. The maximum Gasteiger partial charge on any atom is 0.280 e. The number of nitrogens with one attached hydrogen (secondary N) is 1. The van der Waals surface area contributed by atoms with Gasteiger partial charge in [-0.3, -0.25) is 4.72 Å². The van der Waals surface area contributed by atoms with Gasteiger partial charge in [-0.2, -0.15) is 13.7 Å². The second kappa shape index (κ2) is 5.22. The fourth-order valence-corrected chi connectivity index (χ4v) is 2.62. The molecule has 3 N–H and O–H groups in total. The minimum Gasteiger partial charge on any atom is -0.399 e. The lowest BCUT2D eigenvalue weighted by molar-refractivity contribution is 0.598. The fraction of sp³-hybridized carbons (Fsp3) is 0.167. The molecule has 1 heterocycles. The summed E-state index contributed by atoms with van der Waals surface area (Å²) < 4.78 is 28.3. The minimum absolute atomic E-state index is 0.0972. The largest absolute Gasteiger partial charge is 0.399 e. The molecule has 0 spiro atoms. The highest BCUT2D eigenvalue weighted by Gasteiger charge is 2.19. The standard InChI is InChI=1S/C12H13N5O2S/c1-2-17-7-12(15-8-17)20(18,19)16-11-4-3-10(14)5-9(11)6-13/h3-5,7-8,16H,2,14H2,1H3. The Bertz CT molecular complexity index is 773. The Hall–Kier alpha value is -2.53. The first-order valence-electron chi connectivity index (χ1n) is 5.80. The van der Waals surface area contributed by atoms with Gasteiger partial charge in [0, 0.05) is 18.4 Å². The molecule has 0 saturated carbocycles. The summed E-state index contributed by atoms with van der Waals surface area (Å²) >= 11 is 0. The van der Waals surface area contributed by atoms with Crippen LogP contribution in [-0.2, 0) is 16.6 Å². The van der Waals surface area contributed by atoms with E-state index in [2.05, 4.69) is 9.71 Å². The highest BCUT2D eigenvalue weighted by atomic mass is 32.2. The van der Waals surface area contributed by atoms with E-state index in [1.165, 1.54) is 30.7 Å². The molecule has 7 nitrogen and oxygen atoms in total. The number of rotatable bonds is 4. The van der Waals surface area contributed by atoms with Crippen molar-refractivity contribution in [2.24, 2.45) is 0 Å². The van der Waals surface area contributed by atoms with E-state index in [0.29, 0.717) is 12.2 Å². The maximum absolute atomic E-state index is 12.2. The van der Waals surface area contributed by atoms with E-state index in [4.69, 9.17) is 11.0 Å². The Balaban J connectivity index is 2.36. The van der Waals surface area contributed by atoms with Crippen LogP contribution in [0, 0.1) is 11.3 Å². The smallest absolute Gasteiger partial charge is 0.280 e. The molecule has 1 aromatic carbocycles. The molecular weight excluding hydrogens is 278 g/mol. The van der Waals surface area contributed by atoms with E-state index in [9.17, 15) is 8.42 Å². The van der Waals surface area contributed by atoms with Gasteiger partial charge in [0.15, 0.2) is 5.03 Å². The second-order valence-corrected chi connectivity index (χ2v) is 5.69. The van der Waals surface area contributed by atoms with Gasteiger partial charge in [0.25, 0.3) is 10.0 Å². The molecule has 0 aliphatic rings. The Morgan fingerprint density at radius 1 is 1.50 bits per heavy atom. The number of hydrogen-bond acceptors (Lipinski definition) is 5. The number of aromatic nitrogens is 2. The molecule has 0 atom stereocenters. The van der Waals surface area contributed by atoms with Gasteiger partial charge in [-0.1, -0.05) is 0 Å². The Labute approximate surface area is 116 Å². The normalized spacial score (nSPS) is 11.0. The third-order valence-electron chi connectivity index (χ3n) is 2.66. The first-order chi connectivity index (χ1) is 9.46. The van der Waals surface area contributed by atoms with E-state index in [1.54, 1.807) is 4.57 Å². The summed E-state index contributed by atoms with van der Waals surface area (Å²) in [6.07, 6.45) is 2.86. The summed E-state index contributed by atoms with van der Waals surface area (Å²) in [5, 5.41) is 8.90. The lowest BCUT2D eigenvalue weighted by atomic mass is 10.2. The average Bonchev–Trinajstić information content (AvgIpc) is 2.90. The zero-order valence-electron chi connectivity index (χ0n) is 10.7. The number of benzene rings is 1. The lowest BCUT2D eigenvalue weighted by Gasteiger charge is -2.08. The quantitative estimate of drug-likeness (QED) is 0.820. The van der Waals surface area contributed by atoms with Crippen LogP contribution >= 0.6 is 0 Å². The summed E-state index contributed by atoms with van der Waals surface area (Å²) in [7, 11) is -3.82. The van der Waals surface area contributed by atoms with Crippen molar-refractivity contribution in [1.82, 2.24) is 9.55 Å². The van der Waals surface area contributed by atoms with Crippen LogP contribution in [0.15, 0.2) is 35.7 Å². The molecule has 0 aliphatic heterocycles. The van der Waals surface area contributed by atoms with Crippen molar-refractivity contribution in [2.45, 2.75) is 18.5 Å². The molecule has 20 heavy (non-hydrogen) atoms. The molecule has 0 fully saturated rings. The zero-order chi connectivity index (χ0) is 14.8. The van der Waals surface area contributed by atoms with Crippen LogP contribution < -0.4 is 10.5 Å². The first-order valence-corrected chi connectivity index (χ1v) is 7.29. The fourth-order valence-electron chi connectivity index (χ4n) is 1.59. The molecular formula is C12H13N5O2S. The summed E-state index contributed by atoms with van der Waals surface area (Å²) in [6.45, 7) is 2.49. The van der Waals surface area contributed by atoms with E-state index in [-0.39, 0.29) is 16.3 Å². The van der Waals surface area contributed by atoms with Gasteiger partial charge in [-0.15, -0.1) is 0 Å². The third kappa shape index (κ3) is 2.73. The molecule has 0 radical (unpaired) electrons. The van der Waals surface area contributed by atoms with Crippen molar-refractivity contribution >= 4 is 21.4 Å². The third-order valence-corrected chi connectivity index (χ3v) is 3.91. The number of nitrogens with two attached hydrogens (primary N) is 1. The van der Waals surface area contributed by atoms with Gasteiger partial charge < -0.3 is 10.3 Å². The van der Waals surface area contributed by atoms with Crippen LogP contribution in [-0.4, -0.2) is 18.0 Å². The molecule has 0 aliphatic carbocycles. The van der Waals surface area contributed by atoms with Crippen LogP contribution in [0.3, 0.4) is 0 Å². The molecule has 8 heteroatoms. The van der Waals surface area contributed by atoms with Crippen molar-refractivity contribution in [2.75, 3.05) is 10.5 Å². The lowest BCUT2D eigenvalue weighted by Crippen LogP contribution is -2.14. The minimum atomic E-state index is -3.82. The van der Waals surface area contributed by atoms with Gasteiger partial charge in [-0.05, 0) is 25.1 Å². The topological polar surface area (TPSA) is 114 Å². The van der Waals surface area contributed by atoms with Crippen LogP contribution in [0.4, 0.5) is 11.4 Å². The first kappa shape index (κ1) is 13.9. The Morgan fingerprint density at radius 3 is 2.85 bits per heavy atom. The van der Waals surface area contributed by atoms with E-state index >= 15 is 0 Å². The number of anilines is 2. The molecule has 2 rings (SSSR count). The van der Waals surface area contributed by atoms with Crippen LogP contribution in [0.25, 0.3) is 0 Å². The van der Waals surface area contributed by atoms with Crippen molar-refractivity contribution in [1.29, 1.82) is 5.26 Å². The molecule has 104 valence electrons. The average molecular weight is 291 g/mol. The van der Waals surface area contributed by atoms with Gasteiger partial charge in [0.05, 0.1) is 17.6 Å². The molecule has 0 saturated heterocycles.